The third kappa shape index (κ3) is 2.94. The summed E-state index contributed by atoms with van der Waals surface area (Å²) >= 11 is 0. The van der Waals surface area contributed by atoms with E-state index in [2.05, 4.69) is 0 Å². The molecule has 3 aromatic carbocycles. The average molecular weight is 410 g/mol. The number of esters is 1. The number of methoxy groups -OCH3 is 5. The standard InChI is InChI=1S/C23H22O7/c1-25-17-7-12-6-15-16(11-30-23(15)24)21(14(12)10-18(17)26-2)13-8-19(27-3)22(29-5)20(9-13)28-4/h6-10H,11H2,1-5H3. The zero-order chi connectivity index (χ0) is 21.4. The van der Waals surface area contributed by atoms with E-state index in [9.17, 15) is 4.79 Å². The lowest BCUT2D eigenvalue weighted by atomic mass is 9.90. The van der Waals surface area contributed by atoms with Crippen molar-refractivity contribution < 1.29 is 33.2 Å². The fourth-order valence-electron chi connectivity index (χ4n) is 3.87. The zero-order valence-corrected chi connectivity index (χ0v) is 17.5. The smallest absolute Gasteiger partial charge is 0.338 e. The second-order valence-corrected chi connectivity index (χ2v) is 6.70. The first-order chi connectivity index (χ1) is 14.6. The summed E-state index contributed by atoms with van der Waals surface area (Å²) in [5.74, 6) is 2.34. The number of ether oxygens (including phenoxy) is 6. The van der Waals surface area contributed by atoms with Gasteiger partial charge in [0.2, 0.25) is 5.75 Å². The molecule has 3 aromatic rings. The lowest BCUT2D eigenvalue weighted by Gasteiger charge is -2.18. The van der Waals surface area contributed by atoms with E-state index in [1.165, 1.54) is 0 Å². The van der Waals surface area contributed by atoms with Crippen molar-refractivity contribution in [2.75, 3.05) is 35.5 Å². The second kappa shape index (κ2) is 7.67. The summed E-state index contributed by atoms with van der Waals surface area (Å²) in [4.78, 5) is 12.4. The maximum absolute atomic E-state index is 12.4. The Bertz CT molecular complexity index is 1130. The molecule has 0 bridgehead atoms. The minimum Gasteiger partial charge on any atom is -0.493 e. The predicted octanol–water partition coefficient (Wildman–Crippen LogP) is 4.22. The van der Waals surface area contributed by atoms with Crippen molar-refractivity contribution in [2.24, 2.45) is 0 Å². The normalized spacial score (nSPS) is 12.4. The van der Waals surface area contributed by atoms with Crippen molar-refractivity contribution in [3.8, 4) is 39.9 Å². The van der Waals surface area contributed by atoms with Crippen LogP contribution in [-0.4, -0.2) is 41.5 Å². The molecule has 1 heterocycles. The number of fused-ring (bicyclic) bond motifs is 2. The molecule has 0 atom stereocenters. The van der Waals surface area contributed by atoms with Crippen LogP contribution in [0.25, 0.3) is 21.9 Å². The number of rotatable bonds is 6. The minimum atomic E-state index is -0.352. The molecule has 0 amide bonds. The molecule has 7 nitrogen and oxygen atoms in total. The monoisotopic (exact) mass is 410 g/mol. The molecule has 156 valence electrons. The maximum atomic E-state index is 12.4. The molecule has 4 rings (SSSR count). The van der Waals surface area contributed by atoms with Crippen LogP contribution in [0.1, 0.15) is 15.9 Å². The Morgan fingerprint density at radius 3 is 1.90 bits per heavy atom. The summed E-state index contributed by atoms with van der Waals surface area (Å²) in [7, 11) is 7.85. The molecule has 0 saturated heterocycles. The Morgan fingerprint density at radius 1 is 0.733 bits per heavy atom. The Kier molecular flexibility index (Phi) is 5.03. The third-order valence-electron chi connectivity index (χ3n) is 5.27. The first-order valence-electron chi connectivity index (χ1n) is 9.25. The highest BCUT2D eigenvalue weighted by Gasteiger charge is 2.28. The highest BCUT2D eigenvalue weighted by atomic mass is 16.5. The first-order valence-corrected chi connectivity index (χ1v) is 9.25. The summed E-state index contributed by atoms with van der Waals surface area (Å²) in [5.41, 5.74) is 2.97. The molecular formula is C23H22O7. The van der Waals surface area contributed by atoms with Crippen LogP contribution in [0.5, 0.6) is 28.7 Å². The number of hydrogen-bond acceptors (Lipinski definition) is 7. The molecular weight excluding hydrogens is 388 g/mol. The van der Waals surface area contributed by atoms with E-state index in [0.717, 1.165) is 27.5 Å². The van der Waals surface area contributed by atoms with Crippen molar-refractivity contribution in [1.29, 1.82) is 0 Å². The minimum absolute atomic E-state index is 0.185. The van der Waals surface area contributed by atoms with Crippen molar-refractivity contribution in [1.82, 2.24) is 0 Å². The van der Waals surface area contributed by atoms with Crippen molar-refractivity contribution >= 4 is 16.7 Å². The highest BCUT2D eigenvalue weighted by molar-refractivity contribution is 6.08. The topological polar surface area (TPSA) is 72.5 Å². The van der Waals surface area contributed by atoms with Crippen LogP contribution in [-0.2, 0) is 11.3 Å². The fraction of sp³-hybridized carbons (Fsp3) is 0.261. The fourth-order valence-corrected chi connectivity index (χ4v) is 3.87. The number of carbonyl (C=O) groups is 1. The van der Waals surface area contributed by atoms with Gasteiger partial charge in [0.1, 0.15) is 6.61 Å². The van der Waals surface area contributed by atoms with Gasteiger partial charge in [-0.05, 0) is 52.2 Å². The molecule has 1 aliphatic heterocycles. The van der Waals surface area contributed by atoms with Gasteiger partial charge in [-0.3, -0.25) is 0 Å². The lowest BCUT2D eigenvalue weighted by molar-refractivity contribution is 0.0535. The van der Waals surface area contributed by atoms with Crippen molar-refractivity contribution in [3.63, 3.8) is 0 Å². The van der Waals surface area contributed by atoms with Gasteiger partial charge >= 0.3 is 5.97 Å². The molecule has 7 heteroatoms. The van der Waals surface area contributed by atoms with Gasteiger partial charge in [0.25, 0.3) is 0 Å². The van der Waals surface area contributed by atoms with Crippen LogP contribution < -0.4 is 23.7 Å². The van der Waals surface area contributed by atoms with Gasteiger partial charge in [0.15, 0.2) is 23.0 Å². The van der Waals surface area contributed by atoms with Crippen LogP contribution in [0.3, 0.4) is 0 Å². The van der Waals surface area contributed by atoms with E-state index in [1.807, 2.05) is 30.3 Å². The molecule has 0 unspecified atom stereocenters. The largest absolute Gasteiger partial charge is 0.493 e. The number of carbonyl (C=O) groups excluding carboxylic acids is 1. The number of cyclic esters (lactones) is 1. The first kappa shape index (κ1) is 19.7. The Balaban J connectivity index is 2.11. The van der Waals surface area contributed by atoms with Gasteiger partial charge in [-0.15, -0.1) is 0 Å². The summed E-state index contributed by atoms with van der Waals surface area (Å²) < 4.78 is 32.8. The number of hydrogen-bond donors (Lipinski definition) is 0. The van der Waals surface area contributed by atoms with Crippen LogP contribution >= 0.6 is 0 Å². The van der Waals surface area contributed by atoms with E-state index >= 15 is 0 Å². The van der Waals surface area contributed by atoms with E-state index in [0.29, 0.717) is 34.3 Å². The van der Waals surface area contributed by atoms with Crippen LogP contribution in [0.2, 0.25) is 0 Å². The summed E-state index contributed by atoms with van der Waals surface area (Å²) in [6.07, 6.45) is 0. The predicted molar refractivity (Wildman–Crippen MR) is 111 cm³/mol. The van der Waals surface area contributed by atoms with Crippen molar-refractivity contribution in [3.05, 3.63) is 41.5 Å². The summed E-state index contributed by atoms with van der Waals surface area (Å²) in [6, 6.07) is 9.28. The molecule has 1 aliphatic rings. The van der Waals surface area contributed by atoms with Gasteiger partial charge in [-0.2, -0.15) is 0 Å². The maximum Gasteiger partial charge on any atom is 0.338 e. The summed E-state index contributed by atoms with van der Waals surface area (Å²) in [6.45, 7) is 0.185. The Morgan fingerprint density at radius 2 is 1.33 bits per heavy atom. The van der Waals surface area contributed by atoms with Gasteiger partial charge in [-0.1, -0.05) is 0 Å². The second-order valence-electron chi connectivity index (χ2n) is 6.70. The van der Waals surface area contributed by atoms with Crippen LogP contribution in [0.4, 0.5) is 0 Å². The molecule has 0 saturated carbocycles. The van der Waals surface area contributed by atoms with Gasteiger partial charge in [-0.25, -0.2) is 4.79 Å². The van der Waals surface area contributed by atoms with E-state index < -0.39 is 0 Å². The molecule has 0 radical (unpaired) electrons. The quantitative estimate of drug-likeness (QED) is 0.564. The van der Waals surface area contributed by atoms with Crippen LogP contribution in [0.15, 0.2) is 30.3 Å². The van der Waals surface area contributed by atoms with Crippen LogP contribution in [0, 0.1) is 0 Å². The van der Waals surface area contributed by atoms with E-state index in [4.69, 9.17) is 28.4 Å². The molecule has 0 aromatic heterocycles. The lowest BCUT2D eigenvalue weighted by Crippen LogP contribution is -1.99. The third-order valence-corrected chi connectivity index (χ3v) is 5.27. The molecule has 0 N–H and O–H groups in total. The molecule has 30 heavy (non-hydrogen) atoms. The molecule has 0 aliphatic carbocycles. The Labute approximate surface area is 174 Å². The number of benzene rings is 3. The molecule has 0 spiro atoms. The van der Waals surface area contributed by atoms with Gasteiger partial charge in [0, 0.05) is 5.56 Å². The van der Waals surface area contributed by atoms with E-state index in [-0.39, 0.29) is 12.6 Å². The highest BCUT2D eigenvalue weighted by Crippen LogP contribution is 2.47. The SMILES string of the molecule is COc1cc2cc3c(c(-c4cc(OC)c(OC)c(OC)c4)c2cc1OC)COC3=O. The van der Waals surface area contributed by atoms with Gasteiger partial charge < -0.3 is 28.4 Å². The molecule has 0 fully saturated rings. The average Bonchev–Trinajstić information content (AvgIpc) is 3.15. The van der Waals surface area contributed by atoms with Crippen molar-refractivity contribution in [2.45, 2.75) is 6.61 Å². The van der Waals surface area contributed by atoms with E-state index in [1.54, 1.807) is 35.5 Å². The Hall–Kier alpha value is -3.61. The zero-order valence-electron chi connectivity index (χ0n) is 17.5. The van der Waals surface area contributed by atoms with Gasteiger partial charge in [0.05, 0.1) is 41.1 Å². The summed E-state index contributed by atoms with van der Waals surface area (Å²) in [5, 5.41) is 1.72.